The van der Waals surface area contributed by atoms with Gasteiger partial charge >= 0.3 is 12.2 Å². The van der Waals surface area contributed by atoms with Crippen molar-refractivity contribution in [2.75, 3.05) is 13.2 Å². The van der Waals surface area contributed by atoms with Gasteiger partial charge in [0.25, 0.3) is 0 Å². The van der Waals surface area contributed by atoms with Crippen LogP contribution in [-0.4, -0.2) is 59.8 Å². The molecule has 2 atom stereocenters. The number of likely N-dealkylation sites (tertiary alicyclic amines) is 1. The maximum absolute atomic E-state index is 13.0. The van der Waals surface area contributed by atoms with Crippen LogP contribution < -0.4 is 5.32 Å². The van der Waals surface area contributed by atoms with E-state index in [0.29, 0.717) is 38.6 Å². The molecule has 1 aromatic rings. The summed E-state index contributed by atoms with van der Waals surface area (Å²) in [5, 5.41) is 2.93. The first kappa shape index (κ1) is 25.0. The molecular weight excluding hydrogens is 424 g/mol. The molecule has 2 amide bonds. The lowest BCUT2D eigenvalue weighted by Crippen LogP contribution is -2.59. The monoisotopic (exact) mass is 460 g/mol. The van der Waals surface area contributed by atoms with Gasteiger partial charge in [0.05, 0.1) is 24.8 Å². The average Bonchev–Trinajstić information content (AvgIpc) is 2.77. The van der Waals surface area contributed by atoms with E-state index in [0.717, 1.165) is 12.0 Å². The average molecular weight is 461 g/mol. The Morgan fingerprint density at radius 1 is 1.09 bits per heavy atom. The van der Waals surface area contributed by atoms with Crippen LogP contribution in [-0.2, 0) is 25.6 Å². The van der Waals surface area contributed by atoms with E-state index < -0.39 is 17.8 Å². The van der Waals surface area contributed by atoms with Gasteiger partial charge in [0.1, 0.15) is 18.0 Å². The molecule has 0 unspecified atom stereocenters. The number of carbonyl (C=O) groups is 3. The first-order chi connectivity index (χ1) is 15.7. The van der Waals surface area contributed by atoms with Gasteiger partial charge in [-0.25, -0.2) is 9.59 Å². The van der Waals surface area contributed by atoms with E-state index in [1.807, 2.05) is 51.1 Å². The molecule has 1 aromatic carbocycles. The summed E-state index contributed by atoms with van der Waals surface area (Å²) in [5.74, 6) is 0.267. The van der Waals surface area contributed by atoms with E-state index in [1.165, 1.54) is 0 Å². The fraction of sp³-hybridized carbons (Fsp3) is 0.640. The molecule has 1 aliphatic heterocycles. The lowest BCUT2D eigenvalue weighted by molar-refractivity contribution is -0.123. The molecule has 3 rings (SSSR count). The summed E-state index contributed by atoms with van der Waals surface area (Å²) in [6.45, 7) is 6.40. The van der Waals surface area contributed by atoms with E-state index >= 15 is 0 Å². The maximum atomic E-state index is 13.0. The number of nitrogens with zero attached hydrogens (tertiary/aromatic N) is 1. The largest absolute Gasteiger partial charge is 0.445 e. The minimum Gasteiger partial charge on any atom is -0.445 e. The lowest BCUT2D eigenvalue weighted by Gasteiger charge is -2.41. The molecule has 1 saturated heterocycles. The number of ketones is 1. The predicted octanol–water partition coefficient (Wildman–Crippen LogP) is 4.21. The first-order valence-electron chi connectivity index (χ1n) is 11.8. The molecule has 0 bridgehead atoms. The summed E-state index contributed by atoms with van der Waals surface area (Å²) < 4.78 is 17.1. The van der Waals surface area contributed by atoms with Gasteiger partial charge in [-0.1, -0.05) is 30.3 Å². The van der Waals surface area contributed by atoms with Gasteiger partial charge in [-0.15, -0.1) is 0 Å². The number of ether oxygens (including phenoxy) is 3. The van der Waals surface area contributed by atoms with Gasteiger partial charge in [0.2, 0.25) is 0 Å². The van der Waals surface area contributed by atoms with Crippen molar-refractivity contribution in [2.24, 2.45) is 0 Å². The number of carbonyl (C=O) groups excluding carboxylic acids is 3. The van der Waals surface area contributed by atoms with Gasteiger partial charge in [-0.05, 0) is 52.0 Å². The Kier molecular flexibility index (Phi) is 8.72. The molecule has 2 fully saturated rings. The molecule has 1 aliphatic carbocycles. The number of hydrogen-bond acceptors (Lipinski definition) is 6. The van der Waals surface area contributed by atoms with Crippen molar-refractivity contribution in [2.45, 2.75) is 89.7 Å². The Balaban J connectivity index is 1.66. The van der Waals surface area contributed by atoms with Crippen LogP contribution in [0.3, 0.4) is 0 Å². The minimum absolute atomic E-state index is 0.0195. The molecule has 2 aliphatic rings. The molecule has 0 aromatic heterocycles. The summed E-state index contributed by atoms with van der Waals surface area (Å²) in [7, 11) is 0. The molecule has 182 valence electrons. The number of amides is 2. The quantitative estimate of drug-likeness (QED) is 0.683. The summed E-state index contributed by atoms with van der Waals surface area (Å²) in [4.78, 5) is 38.7. The standard InChI is InChI=1S/C25H36N2O6/c1-25(2,3)33-23(29)26-21-10-7-15-27(24(30)32-16-18-8-5-4-6-9-18)22(21)17-31-20-13-11-19(28)12-14-20/h4-6,8-9,20-22H,7,10-17H2,1-3H3,(H,26,29)/t21-,22-/m0/s1. The summed E-state index contributed by atoms with van der Waals surface area (Å²) in [6.07, 6.45) is 2.91. The molecule has 0 spiro atoms. The third-order valence-corrected chi connectivity index (χ3v) is 5.91. The number of piperidine rings is 1. The zero-order valence-electron chi connectivity index (χ0n) is 19.9. The van der Waals surface area contributed by atoms with E-state index in [-0.39, 0.29) is 37.2 Å². The number of benzene rings is 1. The van der Waals surface area contributed by atoms with Crippen LogP contribution in [0.4, 0.5) is 9.59 Å². The third kappa shape index (κ3) is 8.03. The van der Waals surface area contributed by atoms with Crippen molar-refractivity contribution in [3.8, 4) is 0 Å². The molecular formula is C25H36N2O6. The second-order valence-corrected chi connectivity index (χ2v) is 9.77. The van der Waals surface area contributed by atoms with Crippen molar-refractivity contribution in [1.29, 1.82) is 0 Å². The number of nitrogens with one attached hydrogen (secondary N) is 1. The SMILES string of the molecule is CC(C)(C)OC(=O)N[C@H]1CCCN(C(=O)OCc2ccccc2)[C@H]1COC1CCC(=O)CC1. The van der Waals surface area contributed by atoms with Crippen molar-refractivity contribution in [3.05, 3.63) is 35.9 Å². The molecule has 1 saturated carbocycles. The van der Waals surface area contributed by atoms with Crippen LogP contribution in [0.25, 0.3) is 0 Å². The highest BCUT2D eigenvalue weighted by Crippen LogP contribution is 2.24. The van der Waals surface area contributed by atoms with E-state index in [2.05, 4.69) is 5.32 Å². The summed E-state index contributed by atoms with van der Waals surface area (Å²) >= 11 is 0. The van der Waals surface area contributed by atoms with Crippen molar-refractivity contribution in [1.82, 2.24) is 10.2 Å². The van der Waals surface area contributed by atoms with Gasteiger partial charge in [0.15, 0.2) is 0 Å². The van der Waals surface area contributed by atoms with Gasteiger partial charge in [0, 0.05) is 19.4 Å². The van der Waals surface area contributed by atoms with Crippen LogP contribution in [0.1, 0.15) is 64.9 Å². The summed E-state index contributed by atoms with van der Waals surface area (Å²) in [6, 6.07) is 8.82. The van der Waals surface area contributed by atoms with Gasteiger partial charge in [-0.3, -0.25) is 4.79 Å². The number of alkyl carbamates (subject to hydrolysis) is 1. The fourth-order valence-electron chi connectivity index (χ4n) is 4.23. The highest BCUT2D eigenvalue weighted by atomic mass is 16.6. The second-order valence-electron chi connectivity index (χ2n) is 9.77. The topological polar surface area (TPSA) is 94.2 Å². The Morgan fingerprint density at radius 3 is 2.45 bits per heavy atom. The predicted molar refractivity (Wildman–Crippen MR) is 123 cm³/mol. The van der Waals surface area contributed by atoms with Gasteiger partial charge in [-0.2, -0.15) is 0 Å². The normalized spacial score (nSPS) is 22.0. The Labute approximate surface area is 195 Å². The van der Waals surface area contributed by atoms with E-state index in [9.17, 15) is 14.4 Å². The minimum atomic E-state index is -0.617. The van der Waals surface area contributed by atoms with Crippen LogP contribution in [0.2, 0.25) is 0 Å². The zero-order valence-corrected chi connectivity index (χ0v) is 19.9. The van der Waals surface area contributed by atoms with Crippen LogP contribution in [0.5, 0.6) is 0 Å². The van der Waals surface area contributed by atoms with Crippen LogP contribution in [0, 0.1) is 0 Å². The Morgan fingerprint density at radius 2 is 1.79 bits per heavy atom. The van der Waals surface area contributed by atoms with Crippen molar-refractivity contribution in [3.63, 3.8) is 0 Å². The maximum Gasteiger partial charge on any atom is 0.410 e. The highest BCUT2D eigenvalue weighted by Gasteiger charge is 2.38. The Bertz CT molecular complexity index is 797. The second kappa shape index (κ2) is 11.5. The molecule has 1 N–H and O–H groups in total. The van der Waals surface area contributed by atoms with E-state index in [4.69, 9.17) is 14.2 Å². The van der Waals surface area contributed by atoms with Crippen molar-refractivity contribution < 1.29 is 28.6 Å². The smallest absolute Gasteiger partial charge is 0.410 e. The molecule has 33 heavy (non-hydrogen) atoms. The van der Waals surface area contributed by atoms with Gasteiger partial charge < -0.3 is 24.4 Å². The van der Waals surface area contributed by atoms with Crippen LogP contribution in [0.15, 0.2) is 30.3 Å². The number of hydrogen-bond donors (Lipinski definition) is 1. The lowest BCUT2D eigenvalue weighted by atomic mass is 9.95. The first-order valence-corrected chi connectivity index (χ1v) is 11.8. The molecule has 0 radical (unpaired) electrons. The van der Waals surface area contributed by atoms with E-state index in [1.54, 1.807) is 4.90 Å². The fourth-order valence-corrected chi connectivity index (χ4v) is 4.23. The van der Waals surface area contributed by atoms with Crippen LogP contribution >= 0.6 is 0 Å². The molecule has 1 heterocycles. The number of Topliss-reactive ketones (excluding diaryl/α,β-unsaturated/α-hetero) is 1. The zero-order chi connectivity index (χ0) is 23.8. The van der Waals surface area contributed by atoms with Crippen molar-refractivity contribution >= 4 is 18.0 Å². The third-order valence-electron chi connectivity index (χ3n) is 5.91. The highest BCUT2D eigenvalue weighted by molar-refractivity contribution is 5.79. The Hall–Kier alpha value is -2.61. The summed E-state index contributed by atoms with van der Waals surface area (Å²) in [5.41, 5.74) is 0.291. The molecule has 8 heteroatoms. The molecule has 8 nitrogen and oxygen atoms in total. The number of rotatable bonds is 6.